The normalized spacial score (nSPS) is 11.1. The van der Waals surface area contributed by atoms with Crippen molar-refractivity contribution in [1.29, 1.82) is 0 Å². The second-order valence-corrected chi connectivity index (χ2v) is 5.92. The molecule has 0 unspecified atom stereocenters. The number of rotatable bonds is 2. The van der Waals surface area contributed by atoms with Gasteiger partial charge in [-0.1, -0.05) is 29.8 Å². The van der Waals surface area contributed by atoms with Crippen LogP contribution in [0.3, 0.4) is 0 Å². The van der Waals surface area contributed by atoms with Crippen molar-refractivity contribution in [3.63, 3.8) is 0 Å². The second kappa shape index (κ2) is 5.57. The van der Waals surface area contributed by atoms with Crippen molar-refractivity contribution in [3.05, 3.63) is 72.3 Å². The van der Waals surface area contributed by atoms with Crippen molar-refractivity contribution in [2.75, 3.05) is 0 Å². The second-order valence-electron chi connectivity index (χ2n) is 5.92. The fourth-order valence-corrected chi connectivity index (χ4v) is 2.99. The molecule has 0 aliphatic rings. The Bertz CT molecular complexity index is 1050. The van der Waals surface area contributed by atoms with E-state index in [1.54, 1.807) is 12.3 Å². The van der Waals surface area contributed by atoms with Crippen LogP contribution in [0.15, 0.2) is 60.9 Å². The lowest BCUT2D eigenvalue weighted by atomic mass is 9.97. The van der Waals surface area contributed by atoms with Crippen molar-refractivity contribution in [1.82, 2.24) is 14.8 Å². The van der Waals surface area contributed by atoms with Gasteiger partial charge in [0, 0.05) is 29.8 Å². The molecule has 0 saturated heterocycles. The number of pyridine rings is 1. The topological polar surface area (TPSA) is 30.7 Å². The highest BCUT2D eigenvalue weighted by Gasteiger charge is 2.13. The van der Waals surface area contributed by atoms with E-state index in [2.05, 4.69) is 16.1 Å². The van der Waals surface area contributed by atoms with Crippen LogP contribution in [0.25, 0.3) is 33.3 Å². The summed E-state index contributed by atoms with van der Waals surface area (Å²) in [6, 6.07) is 15.1. The van der Waals surface area contributed by atoms with Crippen molar-refractivity contribution >= 4 is 10.9 Å². The van der Waals surface area contributed by atoms with Gasteiger partial charge in [-0.3, -0.25) is 9.67 Å². The lowest BCUT2D eigenvalue weighted by Crippen LogP contribution is -1.93. The summed E-state index contributed by atoms with van der Waals surface area (Å²) in [6.07, 6.45) is 3.53. The molecule has 4 rings (SSSR count). The largest absolute Gasteiger partial charge is 0.268 e. The molecule has 0 radical (unpaired) electrons. The molecule has 0 bridgehead atoms. The van der Waals surface area contributed by atoms with Crippen LogP contribution >= 0.6 is 0 Å². The highest BCUT2D eigenvalue weighted by Crippen LogP contribution is 2.33. The first-order valence-electron chi connectivity index (χ1n) is 7.77. The van der Waals surface area contributed by atoms with Crippen LogP contribution in [0.1, 0.15) is 5.56 Å². The number of halogens is 1. The molecule has 0 aliphatic heterocycles. The minimum atomic E-state index is -0.262. The molecule has 0 spiro atoms. The summed E-state index contributed by atoms with van der Waals surface area (Å²) in [4.78, 5) is 4.45. The number of hydrogen-bond donors (Lipinski definition) is 0. The zero-order valence-electron chi connectivity index (χ0n) is 13.5. The lowest BCUT2D eigenvalue weighted by molar-refractivity contribution is 0.630. The van der Waals surface area contributed by atoms with Crippen LogP contribution in [0.2, 0.25) is 0 Å². The van der Waals surface area contributed by atoms with E-state index in [4.69, 9.17) is 0 Å². The fourth-order valence-electron chi connectivity index (χ4n) is 2.99. The Labute approximate surface area is 139 Å². The van der Waals surface area contributed by atoms with Gasteiger partial charge in [0.2, 0.25) is 0 Å². The smallest absolute Gasteiger partial charge is 0.132 e. The van der Waals surface area contributed by atoms with Crippen LogP contribution < -0.4 is 0 Å². The van der Waals surface area contributed by atoms with Gasteiger partial charge < -0.3 is 0 Å². The molecule has 0 saturated carbocycles. The van der Waals surface area contributed by atoms with Gasteiger partial charge in [-0.15, -0.1) is 0 Å². The Morgan fingerprint density at radius 3 is 2.75 bits per heavy atom. The third-order valence-corrected chi connectivity index (χ3v) is 4.24. The minimum absolute atomic E-state index is 0.262. The third-order valence-electron chi connectivity index (χ3n) is 4.24. The van der Waals surface area contributed by atoms with Crippen LogP contribution in [-0.4, -0.2) is 14.8 Å². The van der Waals surface area contributed by atoms with Crippen molar-refractivity contribution in [2.24, 2.45) is 7.05 Å². The van der Waals surface area contributed by atoms with Gasteiger partial charge in [-0.2, -0.15) is 5.10 Å². The molecule has 0 aliphatic carbocycles. The standard InChI is InChI=1S/C20H16FN3/c1-13-5-8-18(21)17(10-13)20-16(4-3-9-22-20)14-6-7-15-12-23-24(2)19(15)11-14/h3-12H,1-2H3. The Morgan fingerprint density at radius 2 is 1.88 bits per heavy atom. The molecular formula is C20H16FN3. The molecule has 0 atom stereocenters. The highest BCUT2D eigenvalue weighted by molar-refractivity contribution is 5.88. The summed E-state index contributed by atoms with van der Waals surface area (Å²) >= 11 is 0. The van der Waals surface area contributed by atoms with E-state index in [-0.39, 0.29) is 5.82 Å². The predicted octanol–water partition coefficient (Wildman–Crippen LogP) is 4.75. The Morgan fingerprint density at radius 1 is 1.00 bits per heavy atom. The van der Waals surface area contributed by atoms with Gasteiger partial charge in [0.25, 0.3) is 0 Å². The monoisotopic (exact) mass is 317 g/mol. The number of nitrogens with zero attached hydrogens (tertiary/aromatic N) is 3. The molecule has 24 heavy (non-hydrogen) atoms. The summed E-state index contributed by atoms with van der Waals surface area (Å²) in [6.45, 7) is 1.95. The van der Waals surface area contributed by atoms with E-state index in [9.17, 15) is 4.39 Å². The van der Waals surface area contributed by atoms with Crippen LogP contribution in [0.5, 0.6) is 0 Å². The maximum absolute atomic E-state index is 14.4. The predicted molar refractivity (Wildman–Crippen MR) is 94.1 cm³/mol. The molecule has 2 heterocycles. The molecule has 118 valence electrons. The first kappa shape index (κ1) is 14.6. The zero-order chi connectivity index (χ0) is 16.7. The van der Waals surface area contributed by atoms with Crippen molar-refractivity contribution in [2.45, 2.75) is 6.92 Å². The number of aryl methyl sites for hydroxylation is 2. The van der Waals surface area contributed by atoms with Crippen molar-refractivity contribution < 1.29 is 4.39 Å². The summed E-state index contributed by atoms with van der Waals surface area (Å²) < 4.78 is 16.2. The van der Waals surface area contributed by atoms with Gasteiger partial charge >= 0.3 is 0 Å². The molecule has 0 N–H and O–H groups in total. The summed E-state index contributed by atoms with van der Waals surface area (Å²) in [5.74, 6) is -0.262. The van der Waals surface area contributed by atoms with Gasteiger partial charge in [0.1, 0.15) is 5.82 Å². The number of benzene rings is 2. The highest BCUT2D eigenvalue weighted by atomic mass is 19.1. The van der Waals surface area contributed by atoms with Crippen LogP contribution in [-0.2, 0) is 7.05 Å². The van der Waals surface area contributed by atoms with E-state index in [1.165, 1.54) is 6.07 Å². The molecule has 2 aromatic carbocycles. The number of hydrogen-bond acceptors (Lipinski definition) is 2. The summed E-state index contributed by atoms with van der Waals surface area (Å²) in [5, 5.41) is 5.36. The van der Waals surface area contributed by atoms with Crippen LogP contribution in [0.4, 0.5) is 4.39 Å². The van der Waals surface area contributed by atoms with E-state index in [0.29, 0.717) is 11.3 Å². The first-order valence-corrected chi connectivity index (χ1v) is 7.77. The zero-order valence-corrected chi connectivity index (χ0v) is 13.5. The minimum Gasteiger partial charge on any atom is -0.268 e. The van der Waals surface area contributed by atoms with Gasteiger partial charge in [0.05, 0.1) is 17.4 Å². The van der Waals surface area contributed by atoms with Gasteiger partial charge in [-0.05, 0) is 36.8 Å². The molecule has 3 nitrogen and oxygen atoms in total. The molecule has 2 aromatic heterocycles. The summed E-state index contributed by atoms with van der Waals surface area (Å²) in [5.41, 5.74) is 5.12. The van der Waals surface area contributed by atoms with E-state index < -0.39 is 0 Å². The molecule has 0 fully saturated rings. The Hall–Kier alpha value is -3.01. The number of fused-ring (bicyclic) bond motifs is 1. The van der Waals surface area contributed by atoms with E-state index in [0.717, 1.165) is 27.6 Å². The number of aromatic nitrogens is 3. The molecule has 0 amide bonds. The maximum atomic E-state index is 14.4. The van der Waals surface area contributed by atoms with E-state index >= 15 is 0 Å². The van der Waals surface area contributed by atoms with Crippen LogP contribution in [0, 0.1) is 12.7 Å². The average molecular weight is 317 g/mol. The maximum Gasteiger partial charge on any atom is 0.132 e. The SMILES string of the molecule is Cc1ccc(F)c(-c2ncccc2-c2ccc3cnn(C)c3c2)c1. The molecule has 4 aromatic rings. The quantitative estimate of drug-likeness (QED) is 0.534. The van der Waals surface area contributed by atoms with Gasteiger partial charge in [0.15, 0.2) is 0 Å². The summed E-state index contributed by atoms with van der Waals surface area (Å²) in [7, 11) is 1.91. The third kappa shape index (κ3) is 2.36. The van der Waals surface area contributed by atoms with E-state index in [1.807, 2.05) is 55.2 Å². The van der Waals surface area contributed by atoms with Crippen molar-refractivity contribution in [3.8, 4) is 22.4 Å². The lowest BCUT2D eigenvalue weighted by Gasteiger charge is -2.11. The fraction of sp³-hybridized carbons (Fsp3) is 0.100. The first-order chi connectivity index (χ1) is 11.6. The van der Waals surface area contributed by atoms with Gasteiger partial charge in [-0.25, -0.2) is 4.39 Å². The average Bonchev–Trinajstić information content (AvgIpc) is 2.98. The Kier molecular flexibility index (Phi) is 3.38. The molecular weight excluding hydrogens is 301 g/mol. The Balaban J connectivity index is 1.95. The molecule has 4 heteroatoms.